The molecule has 3 aromatic heterocycles. The zero-order valence-electron chi connectivity index (χ0n) is 24.3. The number of rotatable bonds is 7. The number of urea groups is 1. The number of nitrogens with one attached hydrogen (secondary N) is 2. The Morgan fingerprint density at radius 3 is 2.33 bits per heavy atom. The van der Waals surface area contributed by atoms with Crippen LogP contribution >= 0.6 is 0 Å². The fraction of sp³-hybridized carbons (Fsp3) is 0.276. The monoisotopic (exact) mass is 683 g/mol. The van der Waals surface area contributed by atoms with E-state index < -0.39 is 6.03 Å². The fourth-order valence-corrected chi connectivity index (χ4v) is 3.99. The molecule has 4 N–H and O–H groups in total. The van der Waals surface area contributed by atoms with Gasteiger partial charge in [-0.15, -0.1) is 0 Å². The third-order valence-electron chi connectivity index (χ3n) is 6.10. The molecule has 0 saturated carbocycles. The van der Waals surface area contributed by atoms with Gasteiger partial charge in [-0.2, -0.15) is 5.10 Å². The summed E-state index contributed by atoms with van der Waals surface area (Å²) < 4.78 is 13.6. The Kier molecular flexibility index (Phi) is 8.73. The van der Waals surface area contributed by atoms with E-state index in [-0.39, 0.29) is 29.4 Å². The van der Waals surface area contributed by atoms with Crippen molar-refractivity contribution in [1.29, 1.82) is 0 Å². The molecule has 3 heterocycles. The molecule has 0 aliphatic rings. The number of anilines is 3. The van der Waals surface area contributed by atoms with E-state index in [1.807, 2.05) is 57.2 Å². The number of halogens is 1. The van der Waals surface area contributed by atoms with Gasteiger partial charge in [0.25, 0.3) is 0 Å². The van der Waals surface area contributed by atoms with Crippen LogP contribution in [0.15, 0.2) is 65.4 Å². The number of nitrogen functional groups attached to an aromatic ring is 1. The highest BCUT2D eigenvalue weighted by molar-refractivity contribution is 6.00. The van der Waals surface area contributed by atoms with E-state index in [4.69, 9.17) is 20.1 Å². The van der Waals surface area contributed by atoms with Gasteiger partial charge < -0.3 is 44.3 Å². The van der Waals surface area contributed by atoms with Gasteiger partial charge in [0.2, 0.25) is 6.73 Å². The van der Waals surface area contributed by atoms with Crippen LogP contribution in [0.1, 0.15) is 26.5 Å². The van der Waals surface area contributed by atoms with E-state index >= 15 is 0 Å². The van der Waals surface area contributed by atoms with Gasteiger partial charge in [0.1, 0.15) is 29.3 Å². The Labute approximate surface area is 260 Å². The van der Waals surface area contributed by atoms with Crippen molar-refractivity contribution < 1.29 is 42.5 Å². The Morgan fingerprint density at radius 2 is 1.71 bits per heavy atom. The zero-order chi connectivity index (χ0) is 29.4. The average molecular weight is 684 g/mol. The lowest BCUT2D eigenvalue weighted by molar-refractivity contribution is -0.886. The normalized spacial score (nSPS) is 11.7. The molecule has 2 aromatic carbocycles. The second-order valence-corrected chi connectivity index (χ2v) is 11.8. The predicted octanol–water partition coefficient (Wildman–Crippen LogP) is 2.04. The first kappa shape index (κ1) is 30.7. The molecule has 0 unspecified atom stereocenters. The smallest absolute Gasteiger partial charge is 0.324 e. The molecule has 0 fully saturated rings. The van der Waals surface area contributed by atoms with Gasteiger partial charge in [-0.3, -0.25) is 9.80 Å². The van der Waals surface area contributed by atoms with Crippen molar-refractivity contribution in [1.82, 2.24) is 24.9 Å². The summed E-state index contributed by atoms with van der Waals surface area (Å²) in [4.78, 5) is 21.2. The first-order valence-electron chi connectivity index (χ1n) is 13.1. The van der Waals surface area contributed by atoms with Crippen LogP contribution in [-0.2, 0) is 5.41 Å². The second kappa shape index (κ2) is 11.9. The van der Waals surface area contributed by atoms with Gasteiger partial charge in [-0.25, -0.2) is 19.4 Å². The summed E-state index contributed by atoms with van der Waals surface area (Å²) in [6, 6.07) is 16.2. The summed E-state index contributed by atoms with van der Waals surface area (Å²) in [5, 5.41) is 14.9. The van der Waals surface area contributed by atoms with E-state index in [9.17, 15) is 4.79 Å². The van der Waals surface area contributed by atoms with Crippen LogP contribution in [0.4, 0.5) is 22.1 Å². The lowest BCUT2D eigenvalue weighted by Gasteiger charge is -2.23. The lowest BCUT2D eigenvalue weighted by Crippen LogP contribution is -3.00. The van der Waals surface area contributed by atoms with Crippen molar-refractivity contribution in [3.05, 3.63) is 66.7 Å². The number of ether oxygens (including phenoxy) is 1. The van der Waals surface area contributed by atoms with Gasteiger partial charge >= 0.3 is 6.03 Å². The van der Waals surface area contributed by atoms with E-state index in [2.05, 4.69) is 46.9 Å². The molecular formula is C29H34IN9O3. The lowest BCUT2D eigenvalue weighted by atomic mass is 9.93. The number of carbonyl (C=O) groups excluding carboxylic acids is 1. The molecule has 42 heavy (non-hydrogen) atoms. The van der Waals surface area contributed by atoms with Crippen molar-refractivity contribution in [3.63, 3.8) is 0 Å². The Morgan fingerprint density at radius 1 is 1.02 bits per heavy atom. The summed E-state index contributed by atoms with van der Waals surface area (Å²) in [7, 11) is 6.19. The molecule has 5 rings (SSSR count). The van der Waals surface area contributed by atoms with E-state index in [1.54, 1.807) is 22.9 Å². The van der Waals surface area contributed by atoms with Crippen molar-refractivity contribution >= 4 is 34.4 Å². The van der Waals surface area contributed by atoms with Gasteiger partial charge in [-0.1, -0.05) is 25.9 Å². The first-order valence-corrected chi connectivity index (χ1v) is 13.1. The maximum Gasteiger partial charge on any atom is 0.324 e. The maximum atomic E-state index is 12.5. The molecule has 0 saturated heterocycles. The van der Waals surface area contributed by atoms with Gasteiger partial charge in [-0.05, 0) is 48.5 Å². The van der Waals surface area contributed by atoms with Gasteiger partial charge in [0, 0.05) is 22.7 Å². The predicted molar refractivity (Wildman–Crippen MR) is 158 cm³/mol. The minimum Gasteiger partial charge on any atom is -1.00 e. The summed E-state index contributed by atoms with van der Waals surface area (Å²) >= 11 is 0. The van der Waals surface area contributed by atoms with Crippen LogP contribution in [0.2, 0.25) is 0 Å². The van der Waals surface area contributed by atoms with Crippen LogP contribution < -0.4 is 45.1 Å². The number of hydrogen-bond acceptors (Lipinski definition) is 8. The van der Waals surface area contributed by atoms with Crippen LogP contribution in [0.5, 0.6) is 5.75 Å². The number of nitrogens with two attached hydrogens (primary N) is 1. The Hall–Kier alpha value is -4.24. The number of carbonyl (C=O) groups is 1. The van der Waals surface area contributed by atoms with Crippen molar-refractivity contribution in [2.75, 3.05) is 44.2 Å². The number of hydrogen-bond donors (Lipinski definition) is 3. The number of nitrogens with zero attached hydrogens (tertiary/aromatic N) is 6. The fourth-order valence-electron chi connectivity index (χ4n) is 3.99. The largest absolute Gasteiger partial charge is 1.00 e. The SMILES string of the molecule is CC(C)(C)c1cc(NC(=O)Nc2ccc(-n3nc(-c4ccc(OC[N+](C)(C)C)cc4)c4c(N)ncnc43)cc2)no1.[I-]. The highest BCUT2D eigenvalue weighted by Gasteiger charge is 2.21. The number of fused-ring (bicyclic) bond motifs is 1. The molecule has 0 aliphatic heterocycles. The summed E-state index contributed by atoms with van der Waals surface area (Å²) in [6.45, 7) is 6.56. The number of benzene rings is 2. The van der Waals surface area contributed by atoms with Gasteiger partial charge in [0.05, 0.1) is 32.2 Å². The molecule has 0 bridgehead atoms. The minimum atomic E-state index is -0.437. The molecule has 0 radical (unpaired) electrons. The summed E-state index contributed by atoms with van der Waals surface area (Å²) in [6.07, 6.45) is 1.41. The van der Waals surface area contributed by atoms with Crippen LogP contribution in [-0.4, -0.2) is 63.3 Å². The van der Waals surface area contributed by atoms with Crippen LogP contribution in [0.25, 0.3) is 28.0 Å². The Bertz CT molecular complexity index is 1680. The average Bonchev–Trinajstić information content (AvgIpc) is 3.54. The number of aromatic nitrogens is 5. The molecule has 13 heteroatoms. The molecule has 2 amide bonds. The standard InChI is InChI=1S/C29H33N9O3.HI/c1-29(2,3)22-15-23(36-41-22)34-28(39)33-19-9-11-20(12-10-19)37-27-24(26(30)31-16-32-27)25(35-37)18-7-13-21(14-8-18)40-17-38(4,5)6;/h7-16H,17H2,1-6H3,(H3-,30,31,32,33,34,35,36,39);1H. The van der Waals surface area contributed by atoms with Crippen molar-refractivity contribution in [2.24, 2.45) is 0 Å². The van der Waals surface area contributed by atoms with E-state index in [1.165, 1.54) is 6.33 Å². The zero-order valence-corrected chi connectivity index (χ0v) is 26.5. The molecule has 5 aromatic rings. The first-order chi connectivity index (χ1) is 19.4. The van der Waals surface area contributed by atoms with Crippen molar-refractivity contribution in [3.8, 4) is 22.7 Å². The molecular weight excluding hydrogens is 649 g/mol. The molecule has 220 valence electrons. The molecule has 12 nitrogen and oxygen atoms in total. The highest BCUT2D eigenvalue weighted by atomic mass is 127. The summed E-state index contributed by atoms with van der Waals surface area (Å²) in [5.41, 5.74) is 9.46. The van der Waals surface area contributed by atoms with Crippen LogP contribution in [0.3, 0.4) is 0 Å². The topological polar surface area (TPSA) is 146 Å². The summed E-state index contributed by atoms with van der Waals surface area (Å²) in [5.74, 6) is 2.11. The highest BCUT2D eigenvalue weighted by Crippen LogP contribution is 2.33. The van der Waals surface area contributed by atoms with Crippen LogP contribution in [0, 0.1) is 0 Å². The van der Waals surface area contributed by atoms with E-state index in [0.29, 0.717) is 51.0 Å². The molecule has 0 aliphatic carbocycles. The quantitative estimate of drug-likeness (QED) is 0.134. The second-order valence-electron chi connectivity index (χ2n) is 11.8. The van der Waals surface area contributed by atoms with E-state index in [0.717, 1.165) is 17.0 Å². The number of amides is 2. The number of quaternary nitrogens is 1. The minimum absolute atomic E-state index is 0. The molecule has 0 spiro atoms. The van der Waals surface area contributed by atoms with Gasteiger partial charge in [0.15, 0.2) is 11.5 Å². The Balaban J connectivity index is 0.00000405. The third kappa shape index (κ3) is 6.97. The third-order valence-corrected chi connectivity index (χ3v) is 6.10. The maximum absolute atomic E-state index is 12.5. The van der Waals surface area contributed by atoms with Crippen molar-refractivity contribution in [2.45, 2.75) is 26.2 Å². The molecule has 0 atom stereocenters.